The zero-order chi connectivity index (χ0) is 7.56. The molecular formula is C7H8INO. The fourth-order valence-electron chi connectivity index (χ4n) is 0.707. The maximum atomic E-state index is 10.7. The number of pyridine rings is 1. The fraction of sp³-hybridized carbons (Fsp3) is 0.286. The molecule has 54 valence electrons. The number of hydrogen-bond acceptors (Lipinski definition) is 1. The number of alkyl halides is 1. The summed E-state index contributed by atoms with van der Waals surface area (Å²) in [5.74, 6) is 0. The number of nitrogens with zero attached hydrogens (tertiary/aromatic N) is 1. The quantitative estimate of drug-likeness (QED) is 0.323. The van der Waals surface area contributed by atoms with Crippen molar-refractivity contribution in [2.45, 2.75) is 10.8 Å². The van der Waals surface area contributed by atoms with Crippen LogP contribution in [-0.2, 0) is 0 Å². The van der Waals surface area contributed by atoms with E-state index in [1.165, 1.54) is 6.20 Å². The molecule has 1 heterocycles. The van der Waals surface area contributed by atoms with Crippen LogP contribution < -0.4 is 4.73 Å². The van der Waals surface area contributed by atoms with Gasteiger partial charge in [-0.25, -0.2) is 0 Å². The van der Waals surface area contributed by atoms with Crippen molar-refractivity contribution in [1.29, 1.82) is 0 Å². The Morgan fingerprint density at radius 3 is 2.80 bits per heavy atom. The smallest absolute Gasteiger partial charge is 0.184 e. The molecule has 0 spiro atoms. The lowest BCUT2D eigenvalue weighted by Crippen LogP contribution is -2.24. The first-order valence-electron chi connectivity index (χ1n) is 3.03. The van der Waals surface area contributed by atoms with E-state index in [1.807, 2.05) is 6.07 Å². The minimum absolute atomic E-state index is 0.402. The molecule has 0 aliphatic heterocycles. The predicted octanol–water partition coefficient (Wildman–Crippen LogP) is 1.82. The van der Waals surface area contributed by atoms with Gasteiger partial charge in [0.15, 0.2) is 12.4 Å². The SMILES string of the molecule is C[C@H](I)c1ccc[n+]([O-])c1. The van der Waals surface area contributed by atoms with Crippen molar-refractivity contribution in [2.24, 2.45) is 0 Å². The van der Waals surface area contributed by atoms with E-state index in [4.69, 9.17) is 0 Å². The zero-order valence-corrected chi connectivity index (χ0v) is 7.78. The van der Waals surface area contributed by atoms with Crippen LogP contribution in [0.25, 0.3) is 0 Å². The standard InChI is InChI=1S/C7H8INO/c1-6(8)7-3-2-4-9(10)5-7/h2-6H,1H3/t6-/m0/s1. The summed E-state index contributed by atoms with van der Waals surface area (Å²) in [4.78, 5) is 0. The summed E-state index contributed by atoms with van der Waals surface area (Å²) < 4.78 is 1.23. The van der Waals surface area contributed by atoms with Gasteiger partial charge in [-0.2, -0.15) is 4.73 Å². The molecule has 0 amide bonds. The maximum absolute atomic E-state index is 10.7. The van der Waals surface area contributed by atoms with Gasteiger partial charge in [-0.3, -0.25) is 0 Å². The van der Waals surface area contributed by atoms with Crippen molar-refractivity contribution < 1.29 is 4.73 Å². The van der Waals surface area contributed by atoms with Crippen LogP contribution in [0, 0.1) is 5.21 Å². The van der Waals surface area contributed by atoms with Gasteiger partial charge in [0, 0.05) is 15.6 Å². The number of hydrogen-bond donors (Lipinski definition) is 0. The third kappa shape index (κ3) is 1.83. The van der Waals surface area contributed by atoms with Gasteiger partial charge in [0.25, 0.3) is 0 Å². The first kappa shape index (κ1) is 7.78. The number of halogens is 1. The molecule has 0 N–H and O–H groups in total. The molecule has 1 atom stereocenters. The Morgan fingerprint density at radius 1 is 1.70 bits per heavy atom. The molecule has 0 saturated heterocycles. The van der Waals surface area contributed by atoms with Crippen LogP contribution >= 0.6 is 22.6 Å². The van der Waals surface area contributed by atoms with Crippen molar-refractivity contribution in [2.75, 3.05) is 0 Å². The largest absolute Gasteiger partial charge is 0.619 e. The van der Waals surface area contributed by atoms with Crippen LogP contribution in [0.2, 0.25) is 0 Å². The molecule has 0 aromatic carbocycles. The summed E-state index contributed by atoms with van der Waals surface area (Å²) in [5, 5.41) is 10.7. The first-order valence-corrected chi connectivity index (χ1v) is 4.27. The van der Waals surface area contributed by atoms with Crippen molar-refractivity contribution in [3.8, 4) is 0 Å². The molecule has 0 unspecified atom stereocenters. The minimum atomic E-state index is 0.402. The highest BCUT2D eigenvalue weighted by molar-refractivity contribution is 14.1. The summed E-state index contributed by atoms with van der Waals surface area (Å²) in [7, 11) is 0. The molecule has 2 nitrogen and oxygen atoms in total. The highest BCUT2D eigenvalue weighted by Gasteiger charge is 2.01. The molecule has 0 aliphatic rings. The molecule has 1 rings (SSSR count). The van der Waals surface area contributed by atoms with E-state index in [-0.39, 0.29) is 0 Å². The van der Waals surface area contributed by atoms with Crippen molar-refractivity contribution in [3.05, 3.63) is 35.3 Å². The molecule has 0 saturated carbocycles. The first-order chi connectivity index (χ1) is 4.70. The Balaban J connectivity index is 2.96. The molecular weight excluding hydrogens is 241 g/mol. The van der Waals surface area contributed by atoms with E-state index >= 15 is 0 Å². The van der Waals surface area contributed by atoms with Gasteiger partial charge in [-0.05, 0) is 13.0 Å². The fourth-order valence-corrected chi connectivity index (χ4v) is 1.08. The van der Waals surface area contributed by atoms with Crippen molar-refractivity contribution in [3.63, 3.8) is 0 Å². The van der Waals surface area contributed by atoms with Crippen molar-refractivity contribution in [1.82, 2.24) is 0 Å². The van der Waals surface area contributed by atoms with Crippen LogP contribution in [0.3, 0.4) is 0 Å². The van der Waals surface area contributed by atoms with Crippen LogP contribution in [0.1, 0.15) is 16.4 Å². The van der Waals surface area contributed by atoms with E-state index in [0.29, 0.717) is 3.92 Å². The molecule has 3 heteroatoms. The van der Waals surface area contributed by atoms with Crippen LogP contribution in [0.4, 0.5) is 0 Å². The van der Waals surface area contributed by atoms with Gasteiger partial charge >= 0.3 is 0 Å². The Hall–Kier alpha value is -0.320. The highest BCUT2D eigenvalue weighted by atomic mass is 127. The number of aromatic nitrogens is 1. The van der Waals surface area contributed by atoms with Gasteiger partial charge < -0.3 is 5.21 Å². The summed E-state index contributed by atoms with van der Waals surface area (Å²) in [5.41, 5.74) is 1.07. The lowest BCUT2D eigenvalue weighted by atomic mass is 10.2. The second kappa shape index (κ2) is 3.18. The Labute approximate surface area is 73.6 Å². The van der Waals surface area contributed by atoms with E-state index in [2.05, 4.69) is 29.5 Å². The third-order valence-electron chi connectivity index (χ3n) is 1.26. The lowest BCUT2D eigenvalue weighted by Gasteiger charge is -2.01. The second-order valence-corrected chi connectivity index (χ2v) is 3.98. The van der Waals surface area contributed by atoms with E-state index < -0.39 is 0 Å². The molecule has 1 aromatic heterocycles. The molecule has 0 fully saturated rings. The lowest BCUT2D eigenvalue weighted by molar-refractivity contribution is -0.605. The normalized spacial score (nSPS) is 13.0. The molecule has 0 radical (unpaired) electrons. The zero-order valence-electron chi connectivity index (χ0n) is 5.62. The maximum Gasteiger partial charge on any atom is 0.184 e. The summed E-state index contributed by atoms with van der Waals surface area (Å²) in [6.45, 7) is 2.05. The van der Waals surface area contributed by atoms with E-state index in [9.17, 15) is 5.21 Å². The Bertz CT molecular complexity index is 225. The van der Waals surface area contributed by atoms with Gasteiger partial charge in [-0.1, -0.05) is 22.6 Å². The molecule has 1 aromatic rings. The molecule has 0 aliphatic carbocycles. The van der Waals surface area contributed by atoms with Gasteiger partial charge in [-0.15, -0.1) is 0 Å². The minimum Gasteiger partial charge on any atom is -0.619 e. The third-order valence-corrected chi connectivity index (χ3v) is 1.98. The topological polar surface area (TPSA) is 26.9 Å². The molecule has 0 bridgehead atoms. The monoisotopic (exact) mass is 249 g/mol. The average Bonchev–Trinajstić information content (AvgIpc) is 1.88. The highest BCUT2D eigenvalue weighted by Crippen LogP contribution is 2.19. The predicted molar refractivity (Wildman–Crippen MR) is 47.8 cm³/mol. The summed E-state index contributed by atoms with van der Waals surface area (Å²) in [6, 6.07) is 3.71. The Kier molecular flexibility index (Phi) is 2.48. The van der Waals surface area contributed by atoms with E-state index in [1.54, 1.807) is 12.3 Å². The van der Waals surface area contributed by atoms with E-state index in [0.717, 1.165) is 10.3 Å². The second-order valence-electron chi connectivity index (χ2n) is 2.11. The average molecular weight is 249 g/mol. The van der Waals surface area contributed by atoms with Gasteiger partial charge in [0.1, 0.15) is 0 Å². The van der Waals surface area contributed by atoms with Crippen molar-refractivity contribution >= 4 is 22.6 Å². The van der Waals surface area contributed by atoms with Crippen LogP contribution in [0.5, 0.6) is 0 Å². The Morgan fingerprint density at radius 2 is 2.40 bits per heavy atom. The summed E-state index contributed by atoms with van der Waals surface area (Å²) >= 11 is 2.27. The number of rotatable bonds is 1. The van der Waals surface area contributed by atoms with Gasteiger partial charge in [0.2, 0.25) is 0 Å². The van der Waals surface area contributed by atoms with Gasteiger partial charge in [0.05, 0.1) is 0 Å². The van der Waals surface area contributed by atoms with Crippen LogP contribution in [0.15, 0.2) is 24.5 Å². The molecule has 10 heavy (non-hydrogen) atoms. The van der Waals surface area contributed by atoms with Crippen LogP contribution in [-0.4, -0.2) is 0 Å². The summed E-state index contributed by atoms with van der Waals surface area (Å²) in [6.07, 6.45) is 3.08.